The maximum Gasteiger partial charge on any atom is 0.411 e. The number of amides is 1. The molecule has 26 heavy (non-hydrogen) atoms. The Hall–Kier alpha value is -1.36. The standard InChI is InChI=1S/C15H20ClF3N2O4S/c1-3-21(4-2)26(23,24)13-9-11(5-6-12(13)16)20-14(22)7-8-25-10-15(17,18)19/h5-6,9H,3-4,7-8,10H2,1-2H3,(H,20,22). The van der Waals surface area contributed by atoms with Crippen LogP contribution in [0.5, 0.6) is 0 Å². The van der Waals surface area contributed by atoms with Crippen molar-refractivity contribution in [3.8, 4) is 0 Å². The van der Waals surface area contributed by atoms with Gasteiger partial charge in [0, 0.05) is 18.8 Å². The maximum absolute atomic E-state index is 12.6. The van der Waals surface area contributed by atoms with Crippen LogP contribution in [0.1, 0.15) is 20.3 Å². The molecule has 11 heteroatoms. The average molecular weight is 417 g/mol. The summed E-state index contributed by atoms with van der Waals surface area (Å²) in [5.74, 6) is -0.610. The molecule has 1 aromatic rings. The lowest BCUT2D eigenvalue weighted by Gasteiger charge is -2.19. The lowest BCUT2D eigenvalue weighted by Crippen LogP contribution is -2.30. The van der Waals surface area contributed by atoms with Crippen molar-refractivity contribution in [2.45, 2.75) is 31.3 Å². The van der Waals surface area contributed by atoms with Crippen LogP contribution in [0.2, 0.25) is 5.02 Å². The first-order chi connectivity index (χ1) is 12.0. The van der Waals surface area contributed by atoms with Gasteiger partial charge in [-0.3, -0.25) is 4.79 Å². The molecule has 0 aliphatic carbocycles. The van der Waals surface area contributed by atoms with Crippen molar-refractivity contribution >= 4 is 33.2 Å². The minimum Gasteiger partial charge on any atom is -0.372 e. The van der Waals surface area contributed by atoms with Crippen LogP contribution < -0.4 is 5.32 Å². The third kappa shape index (κ3) is 6.75. The molecule has 1 rings (SSSR count). The molecule has 0 atom stereocenters. The van der Waals surface area contributed by atoms with Gasteiger partial charge in [-0.25, -0.2) is 8.42 Å². The van der Waals surface area contributed by atoms with Crippen LogP contribution in [-0.4, -0.2) is 51.1 Å². The van der Waals surface area contributed by atoms with Gasteiger partial charge in [0.1, 0.15) is 11.5 Å². The number of carbonyl (C=O) groups is 1. The molecule has 0 bridgehead atoms. The molecule has 0 unspecified atom stereocenters. The highest BCUT2D eigenvalue weighted by Gasteiger charge is 2.27. The number of nitrogens with zero attached hydrogens (tertiary/aromatic N) is 1. The topological polar surface area (TPSA) is 75.7 Å². The fraction of sp³-hybridized carbons (Fsp3) is 0.533. The SMILES string of the molecule is CCN(CC)S(=O)(=O)c1cc(NC(=O)CCOCC(F)(F)F)ccc1Cl. The molecular weight excluding hydrogens is 397 g/mol. The molecule has 6 nitrogen and oxygen atoms in total. The zero-order valence-corrected chi connectivity index (χ0v) is 15.8. The van der Waals surface area contributed by atoms with Crippen molar-refractivity contribution in [2.24, 2.45) is 0 Å². The predicted octanol–water partition coefficient (Wildman–Crippen LogP) is 3.28. The molecule has 0 radical (unpaired) electrons. The fourth-order valence-corrected chi connectivity index (χ4v) is 4.02. The first kappa shape index (κ1) is 22.7. The second-order valence-electron chi connectivity index (χ2n) is 5.20. The summed E-state index contributed by atoms with van der Waals surface area (Å²) < 4.78 is 66.5. The molecule has 148 valence electrons. The summed E-state index contributed by atoms with van der Waals surface area (Å²) in [5, 5.41) is 2.42. The first-order valence-electron chi connectivity index (χ1n) is 7.75. The summed E-state index contributed by atoms with van der Waals surface area (Å²) in [6.07, 6.45) is -4.77. The molecule has 1 aromatic carbocycles. The van der Waals surface area contributed by atoms with Gasteiger partial charge >= 0.3 is 6.18 Å². The van der Waals surface area contributed by atoms with Gasteiger partial charge in [-0.15, -0.1) is 0 Å². The van der Waals surface area contributed by atoms with Gasteiger partial charge in [0.15, 0.2) is 0 Å². The van der Waals surface area contributed by atoms with Crippen molar-refractivity contribution in [1.29, 1.82) is 0 Å². The Bertz CT molecular complexity index is 722. The zero-order valence-electron chi connectivity index (χ0n) is 14.3. The van der Waals surface area contributed by atoms with Crippen molar-refractivity contribution in [3.63, 3.8) is 0 Å². The van der Waals surface area contributed by atoms with E-state index in [0.29, 0.717) is 0 Å². The summed E-state index contributed by atoms with van der Waals surface area (Å²) in [7, 11) is -3.83. The van der Waals surface area contributed by atoms with E-state index in [1.807, 2.05) is 0 Å². The van der Waals surface area contributed by atoms with Crippen LogP contribution in [0, 0.1) is 0 Å². The Balaban J connectivity index is 2.80. The first-order valence-corrected chi connectivity index (χ1v) is 9.57. The molecule has 0 aliphatic rings. The van der Waals surface area contributed by atoms with E-state index in [1.165, 1.54) is 22.5 Å². The van der Waals surface area contributed by atoms with Crippen LogP contribution >= 0.6 is 11.6 Å². The summed E-state index contributed by atoms with van der Waals surface area (Å²) in [6.45, 7) is 2.02. The van der Waals surface area contributed by atoms with Crippen LogP contribution in [-0.2, 0) is 19.6 Å². The maximum atomic E-state index is 12.6. The number of rotatable bonds is 9. The van der Waals surface area contributed by atoms with Gasteiger partial charge in [-0.1, -0.05) is 25.4 Å². The Labute approximate surface area is 155 Å². The quantitative estimate of drug-likeness (QED) is 0.627. The van der Waals surface area contributed by atoms with Crippen molar-refractivity contribution in [2.75, 3.05) is 31.6 Å². The molecule has 0 saturated heterocycles. The Morgan fingerprint density at radius 1 is 1.27 bits per heavy atom. The highest BCUT2D eigenvalue weighted by molar-refractivity contribution is 7.89. The molecule has 0 heterocycles. The van der Waals surface area contributed by atoms with E-state index in [-0.39, 0.29) is 35.1 Å². The van der Waals surface area contributed by atoms with Crippen LogP contribution in [0.4, 0.5) is 18.9 Å². The lowest BCUT2D eigenvalue weighted by atomic mass is 10.3. The van der Waals surface area contributed by atoms with Gasteiger partial charge in [0.2, 0.25) is 15.9 Å². The van der Waals surface area contributed by atoms with Crippen molar-refractivity contribution < 1.29 is 31.1 Å². The highest BCUT2D eigenvalue weighted by atomic mass is 35.5. The van der Waals surface area contributed by atoms with Gasteiger partial charge in [-0.2, -0.15) is 17.5 Å². The van der Waals surface area contributed by atoms with E-state index in [1.54, 1.807) is 13.8 Å². The van der Waals surface area contributed by atoms with Crippen molar-refractivity contribution in [1.82, 2.24) is 4.31 Å². The van der Waals surface area contributed by atoms with E-state index in [0.717, 1.165) is 0 Å². The summed E-state index contributed by atoms with van der Waals surface area (Å²) >= 11 is 5.98. The van der Waals surface area contributed by atoms with Gasteiger partial charge < -0.3 is 10.1 Å². The number of alkyl halides is 3. The molecule has 0 aromatic heterocycles. The summed E-state index contributed by atoms with van der Waals surface area (Å²) in [5.41, 5.74) is 0.168. The van der Waals surface area contributed by atoms with E-state index in [2.05, 4.69) is 10.1 Å². The number of hydrogen-bond donors (Lipinski definition) is 1. The third-order valence-corrected chi connectivity index (χ3v) is 5.81. The minimum absolute atomic E-state index is 0.00316. The lowest BCUT2D eigenvalue weighted by molar-refractivity contribution is -0.174. The van der Waals surface area contributed by atoms with Gasteiger partial charge in [-0.05, 0) is 18.2 Å². The predicted molar refractivity (Wildman–Crippen MR) is 91.7 cm³/mol. The van der Waals surface area contributed by atoms with Crippen LogP contribution in [0.25, 0.3) is 0 Å². The zero-order chi connectivity index (χ0) is 20.0. The monoisotopic (exact) mass is 416 g/mol. The van der Waals surface area contributed by atoms with E-state index in [4.69, 9.17) is 11.6 Å². The van der Waals surface area contributed by atoms with E-state index in [9.17, 15) is 26.4 Å². The molecule has 1 amide bonds. The molecule has 0 fully saturated rings. The molecular formula is C15H20ClF3N2O4S. The Kier molecular flexibility index (Phi) is 8.32. The van der Waals surface area contributed by atoms with Crippen LogP contribution in [0.15, 0.2) is 23.1 Å². The normalized spacial score (nSPS) is 12.4. The average Bonchev–Trinajstić information content (AvgIpc) is 2.53. The number of carbonyl (C=O) groups excluding carboxylic acids is 1. The van der Waals surface area contributed by atoms with Crippen molar-refractivity contribution in [3.05, 3.63) is 23.2 Å². The second kappa shape index (κ2) is 9.54. The smallest absolute Gasteiger partial charge is 0.372 e. The van der Waals surface area contributed by atoms with Gasteiger partial charge in [0.25, 0.3) is 0 Å². The highest BCUT2D eigenvalue weighted by Crippen LogP contribution is 2.27. The number of ether oxygens (including phenoxy) is 1. The second-order valence-corrected chi connectivity index (χ2v) is 7.51. The number of benzene rings is 1. The Morgan fingerprint density at radius 3 is 2.42 bits per heavy atom. The number of anilines is 1. The molecule has 0 spiro atoms. The van der Waals surface area contributed by atoms with Gasteiger partial charge in [0.05, 0.1) is 18.1 Å². The van der Waals surface area contributed by atoms with Crippen LogP contribution in [0.3, 0.4) is 0 Å². The number of sulfonamides is 1. The number of halogens is 4. The summed E-state index contributed by atoms with van der Waals surface area (Å²) in [6, 6.07) is 3.94. The third-order valence-electron chi connectivity index (χ3n) is 3.28. The largest absolute Gasteiger partial charge is 0.411 e. The van der Waals surface area contributed by atoms with E-state index >= 15 is 0 Å². The van der Waals surface area contributed by atoms with E-state index < -0.39 is 35.3 Å². The molecule has 0 saturated carbocycles. The minimum atomic E-state index is -4.46. The number of nitrogens with one attached hydrogen (secondary N) is 1. The molecule has 0 aliphatic heterocycles. The molecule has 1 N–H and O–H groups in total. The number of hydrogen-bond acceptors (Lipinski definition) is 4. The Morgan fingerprint density at radius 2 is 1.88 bits per heavy atom. The fourth-order valence-electron chi connectivity index (χ4n) is 2.06. The summed E-state index contributed by atoms with van der Waals surface area (Å²) in [4.78, 5) is 11.6.